The number of hydrogen-bond donors (Lipinski definition) is 0. The van der Waals surface area contributed by atoms with Crippen LogP contribution in [-0.2, 0) is 13.0 Å². The minimum Gasteiger partial charge on any atom is -0.246 e. The van der Waals surface area contributed by atoms with Crippen LogP contribution in [0.5, 0.6) is 0 Å². The van der Waals surface area contributed by atoms with E-state index < -0.39 is 0 Å². The minimum atomic E-state index is 0.762. The fourth-order valence-corrected chi connectivity index (χ4v) is 5.35. The van der Waals surface area contributed by atoms with E-state index in [0.717, 1.165) is 16.7 Å². The highest BCUT2D eigenvalue weighted by Gasteiger charge is 2.31. The molecule has 1 unspecified atom stereocenters. The molecule has 3 rings (SSSR count). The number of quaternary nitrogens is 1. The second-order valence-electron chi connectivity index (χ2n) is 10.7. The number of hydrogen-bond acceptors (Lipinski definition) is 1. The molecular formula is C32H49N2+. The molecule has 0 saturated heterocycles. The molecule has 0 spiro atoms. The van der Waals surface area contributed by atoms with Gasteiger partial charge in [-0.05, 0) is 24.5 Å². The summed E-state index contributed by atoms with van der Waals surface area (Å²) in [5, 5.41) is 0. The van der Waals surface area contributed by atoms with E-state index in [9.17, 15) is 0 Å². The van der Waals surface area contributed by atoms with Crippen LogP contribution in [0.25, 0.3) is 0 Å². The van der Waals surface area contributed by atoms with Crippen LogP contribution in [0.2, 0.25) is 0 Å². The van der Waals surface area contributed by atoms with Crippen molar-refractivity contribution >= 4 is 17.7 Å². The quantitative estimate of drug-likeness (QED) is 0.155. The first-order chi connectivity index (χ1) is 16.7. The number of aryl methyl sites for hydroxylation is 1. The monoisotopic (exact) mass is 461 g/mol. The van der Waals surface area contributed by atoms with Gasteiger partial charge in [-0.2, -0.15) is 4.99 Å². The van der Waals surface area contributed by atoms with E-state index in [1.807, 2.05) is 0 Å². The van der Waals surface area contributed by atoms with E-state index >= 15 is 0 Å². The maximum atomic E-state index is 4.64. The maximum Gasteiger partial charge on any atom is 0.195 e. The molecular weight excluding hydrogens is 412 g/mol. The van der Waals surface area contributed by atoms with Gasteiger partial charge in [0.25, 0.3) is 0 Å². The van der Waals surface area contributed by atoms with Crippen LogP contribution in [0.15, 0.2) is 53.5 Å². The van der Waals surface area contributed by atoms with Crippen molar-refractivity contribution in [2.24, 2.45) is 4.99 Å². The third-order valence-corrected chi connectivity index (χ3v) is 7.46. The van der Waals surface area contributed by atoms with E-state index in [4.69, 9.17) is 0 Å². The van der Waals surface area contributed by atoms with Crippen molar-refractivity contribution in [3.63, 3.8) is 0 Å². The van der Waals surface area contributed by atoms with Gasteiger partial charge in [0, 0.05) is 11.6 Å². The molecule has 1 aliphatic rings. The molecule has 0 aliphatic carbocycles. The van der Waals surface area contributed by atoms with Crippen LogP contribution in [0, 0.1) is 0 Å². The summed E-state index contributed by atoms with van der Waals surface area (Å²) in [7, 11) is 2.26. The molecule has 0 aromatic heterocycles. The van der Waals surface area contributed by atoms with E-state index in [2.05, 4.69) is 73.8 Å². The Balaban J connectivity index is 1.22. The van der Waals surface area contributed by atoms with Crippen LogP contribution in [0.1, 0.15) is 114 Å². The molecule has 0 fully saturated rings. The summed E-state index contributed by atoms with van der Waals surface area (Å²) in [5.74, 6) is 0. The molecule has 1 heterocycles. The fourth-order valence-electron chi connectivity index (χ4n) is 5.35. The van der Waals surface area contributed by atoms with Crippen molar-refractivity contribution in [3.8, 4) is 0 Å². The largest absolute Gasteiger partial charge is 0.246 e. The molecule has 34 heavy (non-hydrogen) atoms. The first-order valence-corrected chi connectivity index (χ1v) is 14.3. The molecule has 1 atom stereocenters. The Morgan fingerprint density at radius 3 is 1.82 bits per heavy atom. The number of unbranched alkanes of at least 4 members (excludes halogenated alkanes) is 14. The molecule has 1 aliphatic heterocycles. The van der Waals surface area contributed by atoms with Gasteiger partial charge in [0.1, 0.15) is 12.2 Å². The molecule has 186 valence electrons. The zero-order chi connectivity index (χ0) is 23.9. The summed E-state index contributed by atoms with van der Waals surface area (Å²) in [4.78, 5) is 4.64. The first kappa shape index (κ1) is 26.7. The van der Waals surface area contributed by atoms with Gasteiger partial charge in [-0.3, -0.25) is 0 Å². The third kappa shape index (κ3) is 9.02. The molecule has 0 bridgehead atoms. The summed E-state index contributed by atoms with van der Waals surface area (Å²) in [6, 6.07) is 17.8. The lowest BCUT2D eigenvalue weighted by Crippen LogP contribution is -2.40. The van der Waals surface area contributed by atoms with Gasteiger partial charge >= 0.3 is 0 Å². The number of nitrogens with zero attached hydrogens (tertiary/aromatic N) is 2. The first-order valence-electron chi connectivity index (χ1n) is 14.3. The highest BCUT2D eigenvalue weighted by atomic mass is 15.4. The lowest BCUT2D eigenvalue weighted by atomic mass is 10.0. The van der Waals surface area contributed by atoms with Crippen molar-refractivity contribution in [1.29, 1.82) is 0 Å². The maximum absolute atomic E-state index is 4.64. The standard InChI is InChI=1S/C32H49N2/c1-3-4-5-6-7-8-9-10-11-12-13-14-15-16-17-21-29-22-20-23-30(26-29)27-34(2)28-33-31-24-18-19-25-32(31)34/h18-20,22-26,28H,3-17,21,27H2,1-2H3/q+1. The Labute approximate surface area is 210 Å². The molecule has 2 aromatic carbocycles. The molecule has 2 nitrogen and oxygen atoms in total. The molecule has 2 aromatic rings. The topological polar surface area (TPSA) is 12.4 Å². The predicted octanol–water partition coefficient (Wildman–Crippen LogP) is 9.91. The summed E-state index contributed by atoms with van der Waals surface area (Å²) >= 11 is 0. The van der Waals surface area contributed by atoms with Gasteiger partial charge in [-0.1, -0.05) is 133 Å². The number of aliphatic imine (C=N–C) groups is 1. The van der Waals surface area contributed by atoms with E-state index in [1.165, 1.54) is 120 Å². The summed E-state index contributed by atoms with van der Waals surface area (Å²) in [6.45, 7) is 3.26. The average molecular weight is 462 g/mol. The number of fused-ring (bicyclic) bond motifs is 1. The molecule has 0 saturated carbocycles. The second-order valence-corrected chi connectivity index (χ2v) is 10.7. The van der Waals surface area contributed by atoms with Gasteiger partial charge in [0.05, 0.1) is 7.05 Å². The number of para-hydroxylation sites is 2. The summed E-state index contributed by atoms with van der Waals surface area (Å²) in [5.41, 5.74) is 5.31. The predicted molar refractivity (Wildman–Crippen MR) is 151 cm³/mol. The second kappa shape index (κ2) is 15.1. The van der Waals surface area contributed by atoms with Gasteiger partial charge in [-0.25, -0.2) is 4.48 Å². The lowest BCUT2D eigenvalue weighted by Gasteiger charge is -2.26. The summed E-state index contributed by atoms with van der Waals surface area (Å²) in [6.07, 6.45) is 24.7. The molecule has 0 amide bonds. The molecule has 0 radical (unpaired) electrons. The van der Waals surface area contributed by atoms with Crippen LogP contribution in [0.3, 0.4) is 0 Å². The van der Waals surface area contributed by atoms with Crippen LogP contribution < -0.4 is 4.48 Å². The Hall–Kier alpha value is -1.93. The van der Waals surface area contributed by atoms with Crippen molar-refractivity contribution in [2.75, 3.05) is 7.05 Å². The highest BCUT2D eigenvalue weighted by Crippen LogP contribution is 2.37. The van der Waals surface area contributed by atoms with Gasteiger partial charge in [-0.15, -0.1) is 0 Å². The summed E-state index contributed by atoms with van der Waals surface area (Å²) < 4.78 is 0.762. The molecule has 2 heteroatoms. The van der Waals surface area contributed by atoms with Crippen LogP contribution in [0.4, 0.5) is 11.4 Å². The number of rotatable bonds is 18. The van der Waals surface area contributed by atoms with Crippen LogP contribution >= 0.6 is 0 Å². The minimum absolute atomic E-state index is 0.762. The van der Waals surface area contributed by atoms with E-state index in [-0.39, 0.29) is 0 Å². The zero-order valence-electron chi connectivity index (χ0n) is 22.1. The Kier molecular flexibility index (Phi) is 11.9. The fraction of sp³-hybridized carbons (Fsp3) is 0.594. The van der Waals surface area contributed by atoms with Crippen molar-refractivity contribution in [1.82, 2.24) is 4.48 Å². The zero-order valence-corrected chi connectivity index (χ0v) is 22.1. The third-order valence-electron chi connectivity index (χ3n) is 7.46. The SMILES string of the molecule is CCCCCCCCCCCCCCCCCc1cccc(C[N+]2(C)C=Nc3ccccc32)c1. The van der Waals surface area contributed by atoms with Crippen molar-refractivity contribution < 1.29 is 0 Å². The molecule has 0 N–H and O–H groups in total. The van der Waals surface area contributed by atoms with Crippen molar-refractivity contribution in [3.05, 3.63) is 59.7 Å². The Morgan fingerprint density at radius 2 is 1.18 bits per heavy atom. The van der Waals surface area contributed by atoms with Gasteiger partial charge < -0.3 is 0 Å². The Bertz CT molecular complexity index is 856. The smallest absolute Gasteiger partial charge is 0.195 e. The van der Waals surface area contributed by atoms with Gasteiger partial charge in [0.2, 0.25) is 0 Å². The van der Waals surface area contributed by atoms with Crippen LogP contribution in [-0.4, -0.2) is 13.4 Å². The van der Waals surface area contributed by atoms with Gasteiger partial charge in [0.15, 0.2) is 12.0 Å². The number of benzene rings is 2. The normalized spacial score (nSPS) is 16.8. The average Bonchev–Trinajstić information content (AvgIpc) is 3.18. The Morgan fingerprint density at radius 1 is 0.618 bits per heavy atom. The lowest BCUT2D eigenvalue weighted by molar-refractivity contribution is 0.507. The van der Waals surface area contributed by atoms with Crippen molar-refractivity contribution in [2.45, 2.75) is 116 Å². The van der Waals surface area contributed by atoms with E-state index in [1.54, 1.807) is 0 Å². The van der Waals surface area contributed by atoms with E-state index in [0.29, 0.717) is 0 Å². The highest BCUT2D eigenvalue weighted by molar-refractivity contribution is 5.88.